The molecule has 6 heteroatoms. The van der Waals surface area contributed by atoms with E-state index in [-0.39, 0.29) is 5.92 Å². The summed E-state index contributed by atoms with van der Waals surface area (Å²) in [5.74, 6) is -0.668. The number of nitrogens with one attached hydrogen (secondary N) is 1. The van der Waals surface area contributed by atoms with Crippen LogP contribution in [0.2, 0.25) is 0 Å². The van der Waals surface area contributed by atoms with E-state index in [4.69, 9.17) is 5.73 Å². The summed E-state index contributed by atoms with van der Waals surface area (Å²) in [6, 6.07) is -0.764. The summed E-state index contributed by atoms with van der Waals surface area (Å²) in [4.78, 5) is 11.1. The van der Waals surface area contributed by atoms with Crippen molar-refractivity contribution in [3.05, 3.63) is 0 Å². The molecule has 78 valence electrons. The van der Waals surface area contributed by atoms with Gasteiger partial charge in [0.25, 0.3) is 5.91 Å². The number of hydrogen-bond acceptors (Lipinski definition) is 4. The predicted octanol–water partition coefficient (Wildman–Crippen LogP) is -0.564. The van der Waals surface area contributed by atoms with E-state index in [1.807, 2.05) is 11.6 Å². The number of nitrogens with two attached hydrogens (primary N) is 1. The third-order valence-electron chi connectivity index (χ3n) is 1.85. The van der Waals surface area contributed by atoms with E-state index in [1.54, 1.807) is 6.92 Å². The number of carbonyl (C=O) groups excluding carboxylic acids is 1. The second-order valence-electron chi connectivity index (χ2n) is 3.15. The highest BCUT2D eigenvalue weighted by atomic mass is 32.2. The van der Waals surface area contributed by atoms with Gasteiger partial charge in [0, 0.05) is 0 Å². The smallest absolute Gasteiger partial charge is 0.250 e. The summed E-state index contributed by atoms with van der Waals surface area (Å²) < 4.78 is 23.2. The zero-order valence-corrected chi connectivity index (χ0v) is 8.89. The van der Waals surface area contributed by atoms with Crippen LogP contribution in [0.1, 0.15) is 20.3 Å². The molecule has 0 aromatic rings. The van der Waals surface area contributed by atoms with Crippen molar-refractivity contribution in [2.45, 2.75) is 26.3 Å². The fourth-order valence-electron chi connectivity index (χ4n) is 0.763. The van der Waals surface area contributed by atoms with Crippen LogP contribution >= 0.6 is 0 Å². The highest BCUT2D eigenvalue weighted by Crippen LogP contribution is 2.05. The van der Waals surface area contributed by atoms with E-state index in [9.17, 15) is 13.2 Å². The van der Waals surface area contributed by atoms with Gasteiger partial charge in [-0.1, -0.05) is 20.3 Å². The average Bonchev–Trinajstić information content (AvgIpc) is 1.98. The highest BCUT2D eigenvalue weighted by molar-refractivity contribution is 7.89. The third kappa shape index (κ3) is 4.84. The third-order valence-corrected chi connectivity index (χ3v) is 2.42. The molecule has 0 saturated carbocycles. The van der Waals surface area contributed by atoms with E-state index in [2.05, 4.69) is 0 Å². The molecule has 0 fully saturated rings. The van der Waals surface area contributed by atoms with Crippen LogP contribution in [0, 0.1) is 5.92 Å². The van der Waals surface area contributed by atoms with Crippen molar-refractivity contribution in [3.63, 3.8) is 0 Å². The van der Waals surface area contributed by atoms with Crippen molar-refractivity contribution >= 4 is 15.9 Å². The van der Waals surface area contributed by atoms with Gasteiger partial charge in [0.05, 0.1) is 12.3 Å². The molecule has 0 aliphatic carbocycles. The minimum atomic E-state index is -3.49. The van der Waals surface area contributed by atoms with E-state index in [0.29, 0.717) is 0 Å². The molecule has 1 amide bonds. The van der Waals surface area contributed by atoms with Crippen molar-refractivity contribution < 1.29 is 13.2 Å². The lowest BCUT2D eigenvalue weighted by atomic mass is 10.00. The summed E-state index contributed by atoms with van der Waals surface area (Å²) >= 11 is 0. The molecule has 2 unspecified atom stereocenters. The molecule has 0 aliphatic heterocycles. The van der Waals surface area contributed by atoms with E-state index in [1.165, 1.54) is 0 Å². The Kier molecular flexibility index (Phi) is 4.35. The van der Waals surface area contributed by atoms with E-state index < -0.39 is 22.0 Å². The summed E-state index contributed by atoms with van der Waals surface area (Å²) in [6.07, 6.45) is 1.66. The molecule has 0 rings (SSSR count). The first kappa shape index (κ1) is 12.4. The normalized spacial score (nSPS) is 16.3. The second kappa shape index (κ2) is 4.57. The minimum absolute atomic E-state index is 0.0262. The van der Waals surface area contributed by atoms with Crippen molar-refractivity contribution in [2.75, 3.05) is 6.26 Å². The first-order valence-corrected chi connectivity index (χ1v) is 5.94. The number of hydrogen-bond donors (Lipinski definition) is 2. The van der Waals surface area contributed by atoms with Gasteiger partial charge in [-0.3, -0.25) is 9.52 Å². The molecule has 0 aromatic heterocycles. The Hall–Kier alpha value is -0.620. The Balaban J connectivity index is 4.28. The molecule has 0 spiro atoms. The lowest BCUT2D eigenvalue weighted by Crippen LogP contribution is -2.46. The minimum Gasteiger partial charge on any atom is -0.320 e. The van der Waals surface area contributed by atoms with E-state index >= 15 is 0 Å². The lowest BCUT2D eigenvalue weighted by molar-refractivity contribution is -0.121. The summed E-state index contributed by atoms with van der Waals surface area (Å²) in [5.41, 5.74) is 5.50. The molecule has 0 aromatic carbocycles. The molecule has 13 heavy (non-hydrogen) atoms. The molecular formula is C7H16N2O3S. The van der Waals surface area contributed by atoms with Crippen LogP contribution in [0.4, 0.5) is 0 Å². The lowest BCUT2D eigenvalue weighted by Gasteiger charge is -2.16. The zero-order chi connectivity index (χ0) is 10.6. The molecule has 0 aliphatic rings. The standard InChI is InChI=1S/C7H16N2O3S/c1-4-5(2)6(8)7(10)9-13(3,11)12/h5-6H,4,8H2,1-3H3,(H,9,10). The predicted molar refractivity (Wildman–Crippen MR) is 50.4 cm³/mol. The van der Waals surface area contributed by atoms with Crippen LogP contribution in [0.3, 0.4) is 0 Å². The molecular weight excluding hydrogens is 192 g/mol. The average molecular weight is 208 g/mol. The van der Waals surface area contributed by atoms with Crippen LogP contribution < -0.4 is 10.5 Å². The molecule has 0 heterocycles. The summed E-state index contributed by atoms with van der Waals surface area (Å²) in [5, 5.41) is 0. The van der Waals surface area contributed by atoms with Gasteiger partial charge in [0.2, 0.25) is 10.0 Å². The second-order valence-corrected chi connectivity index (χ2v) is 4.90. The van der Waals surface area contributed by atoms with Gasteiger partial charge in [-0.05, 0) is 5.92 Å². The van der Waals surface area contributed by atoms with Gasteiger partial charge in [-0.25, -0.2) is 8.42 Å². The quantitative estimate of drug-likeness (QED) is 0.648. The number of sulfonamides is 1. The van der Waals surface area contributed by atoms with Gasteiger partial charge in [0.15, 0.2) is 0 Å². The first-order valence-electron chi connectivity index (χ1n) is 4.05. The van der Waals surface area contributed by atoms with Gasteiger partial charge in [-0.15, -0.1) is 0 Å². The highest BCUT2D eigenvalue weighted by Gasteiger charge is 2.21. The maximum atomic E-state index is 11.1. The zero-order valence-electron chi connectivity index (χ0n) is 8.07. The van der Waals surface area contributed by atoms with Crippen molar-refractivity contribution in [2.24, 2.45) is 11.7 Å². The maximum absolute atomic E-state index is 11.1. The summed E-state index contributed by atoms with van der Waals surface area (Å²) in [6.45, 7) is 3.69. The Morgan fingerprint density at radius 3 is 2.31 bits per heavy atom. The first-order chi connectivity index (χ1) is 5.78. The van der Waals surface area contributed by atoms with Gasteiger partial charge < -0.3 is 5.73 Å². The molecule has 3 N–H and O–H groups in total. The molecule has 0 saturated heterocycles. The van der Waals surface area contributed by atoms with Crippen LogP contribution in [-0.2, 0) is 14.8 Å². The fourth-order valence-corrected chi connectivity index (χ4v) is 1.26. The van der Waals surface area contributed by atoms with Crippen molar-refractivity contribution in [1.82, 2.24) is 4.72 Å². The Bertz CT molecular complexity index is 273. The van der Waals surface area contributed by atoms with Gasteiger partial charge in [-0.2, -0.15) is 0 Å². The van der Waals surface area contributed by atoms with E-state index in [0.717, 1.165) is 12.7 Å². The fraction of sp³-hybridized carbons (Fsp3) is 0.857. The topological polar surface area (TPSA) is 89.3 Å². The van der Waals surface area contributed by atoms with Crippen LogP contribution in [0.25, 0.3) is 0 Å². The Morgan fingerprint density at radius 1 is 1.54 bits per heavy atom. The van der Waals surface area contributed by atoms with Gasteiger partial charge >= 0.3 is 0 Å². The molecule has 0 radical (unpaired) electrons. The van der Waals surface area contributed by atoms with Crippen LogP contribution in [0.15, 0.2) is 0 Å². The maximum Gasteiger partial charge on any atom is 0.250 e. The van der Waals surface area contributed by atoms with Crippen molar-refractivity contribution in [3.8, 4) is 0 Å². The summed E-state index contributed by atoms with van der Waals surface area (Å²) in [7, 11) is -3.49. The van der Waals surface area contributed by atoms with Crippen LogP contribution in [-0.4, -0.2) is 26.6 Å². The molecule has 2 atom stereocenters. The Labute approximate surface area is 78.7 Å². The monoisotopic (exact) mass is 208 g/mol. The molecule has 5 nitrogen and oxygen atoms in total. The largest absolute Gasteiger partial charge is 0.320 e. The van der Waals surface area contributed by atoms with Crippen molar-refractivity contribution in [1.29, 1.82) is 0 Å². The number of carbonyl (C=O) groups is 1. The number of amides is 1. The van der Waals surface area contributed by atoms with Gasteiger partial charge in [0.1, 0.15) is 0 Å². The van der Waals surface area contributed by atoms with Crippen LogP contribution in [0.5, 0.6) is 0 Å². The molecule has 0 bridgehead atoms. The number of rotatable bonds is 4. The SMILES string of the molecule is CCC(C)C(N)C(=O)NS(C)(=O)=O. The Morgan fingerprint density at radius 2 is 2.00 bits per heavy atom.